The molecule has 1 fully saturated rings. The molecule has 2 rings (SSSR count). The number of piperidine rings is 1. The fourth-order valence-electron chi connectivity index (χ4n) is 2.52. The van der Waals surface area contributed by atoms with Gasteiger partial charge in [0.1, 0.15) is 0 Å². The maximum absolute atomic E-state index is 12.1. The molecule has 0 aliphatic carbocycles. The van der Waals surface area contributed by atoms with Gasteiger partial charge in [0.2, 0.25) is 0 Å². The number of aryl methyl sites for hydroxylation is 1. The molecule has 1 unspecified atom stereocenters. The van der Waals surface area contributed by atoms with E-state index in [0.717, 1.165) is 25.7 Å². The van der Waals surface area contributed by atoms with Gasteiger partial charge in [-0.15, -0.1) is 0 Å². The number of nitrogens with two attached hydrogens (primary N) is 1. The van der Waals surface area contributed by atoms with Crippen LogP contribution in [0, 0.1) is 0 Å². The van der Waals surface area contributed by atoms with Crippen LogP contribution in [0.1, 0.15) is 30.9 Å². The molecule has 4 N–H and O–H groups in total. The summed E-state index contributed by atoms with van der Waals surface area (Å²) in [6, 6.07) is 6.02. The van der Waals surface area contributed by atoms with Crippen molar-refractivity contribution in [1.82, 2.24) is 10.2 Å². The summed E-state index contributed by atoms with van der Waals surface area (Å²) in [5, 5.41) is 12.1. The Morgan fingerprint density at radius 1 is 1.32 bits per heavy atom. The quantitative estimate of drug-likeness (QED) is 0.769. The van der Waals surface area contributed by atoms with E-state index >= 15 is 0 Å². The van der Waals surface area contributed by atoms with Gasteiger partial charge in [0.25, 0.3) is 0 Å². The van der Waals surface area contributed by atoms with Gasteiger partial charge in [0, 0.05) is 19.1 Å². The molecular formula is C18H32F3N3O. The highest BCUT2D eigenvalue weighted by molar-refractivity contribution is 5.25. The van der Waals surface area contributed by atoms with Crippen LogP contribution in [0.25, 0.3) is 0 Å². The molecule has 1 atom stereocenters. The van der Waals surface area contributed by atoms with E-state index in [1.807, 2.05) is 6.92 Å². The van der Waals surface area contributed by atoms with Gasteiger partial charge >= 0.3 is 6.18 Å². The minimum Gasteiger partial charge on any atom is -0.395 e. The van der Waals surface area contributed by atoms with Crippen LogP contribution in [0.5, 0.6) is 0 Å². The average Bonchev–Trinajstić information content (AvgIpc) is 2.64. The fraction of sp³-hybridized carbons (Fsp3) is 0.667. The Labute approximate surface area is 149 Å². The second-order valence-corrected chi connectivity index (χ2v) is 5.76. The highest BCUT2D eigenvalue weighted by Crippen LogP contribution is 2.29. The number of nitrogens with one attached hydrogen (secondary N) is 1. The number of hydrogen-bond donors (Lipinski definition) is 3. The summed E-state index contributed by atoms with van der Waals surface area (Å²) in [6.07, 6.45) is -1.06. The van der Waals surface area contributed by atoms with Crippen molar-refractivity contribution in [3.05, 3.63) is 35.4 Å². The minimum atomic E-state index is -4.22. The van der Waals surface area contributed by atoms with Crippen LogP contribution in [0.4, 0.5) is 13.2 Å². The van der Waals surface area contributed by atoms with Crippen molar-refractivity contribution >= 4 is 0 Å². The van der Waals surface area contributed by atoms with Gasteiger partial charge < -0.3 is 16.2 Å². The van der Waals surface area contributed by atoms with Crippen molar-refractivity contribution in [2.75, 3.05) is 40.3 Å². The van der Waals surface area contributed by atoms with Gasteiger partial charge in [-0.05, 0) is 51.5 Å². The predicted octanol–water partition coefficient (Wildman–Crippen LogP) is 2.51. The average molecular weight is 363 g/mol. The number of rotatable bonds is 4. The van der Waals surface area contributed by atoms with E-state index in [-0.39, 0.29) is 6.61 Å². The van der Waals surface area contributed by atoms with E-state index in [1.54, 1.807) is 6.07 Å². The zero-order valence-corrected chi connectivity index (χ0v) is 15.4. The van der Waals surface area contributed by atoms with E-state index in [9.17, 15) is 13.2 Å². The lowest BCUT2D eigenvalue weighted by atomic mass is 10.1. The van der Waals surface area contributed by atoms with E-state index in [1.165, 1.54) is 32.0 Å². The van der Waals surface area contributed by atoms with E-state index in [0.29, 0.717) is 18.0 Å². The van der Waals surface area contributed by atoms with Crippen LogP contribution >= 0.6 is 0 Å². The number of aliphatic hydroxyl groups is 1. The summed E-state index contributed by atoms with van der Waals surface area (Å²) < 4.78 is 36.3. The summed E-state index contributed by atoms with van der Waals surface area (Å²) in [7, 11) is 3.58. The molecule has 0 aromatic heterocycles. The van der Waals surface area contributed by atoms with Gasteiger partial charge in [0.15, 0.2) is 0 Å². The normalized spacial score (nSPS) is 17.2. The highest BCUT2D eigenvalue weighted by atomic mass is 19.4. The number of benzene rings is 1. The van der Waals surface area contributed by atoms with Crippen LogP contribution < -0.4 is 11.1 Å². The number of aliphatic hydroxyl groups excluding tert-OH is 1. The molecule has 1 aliphatic heterocycles. The van der Waals surface area contributed by atoms with Gasteiger partial charge in [-0.2, -0.15) is 13.2 Å². The van der Waals surface area contributed by atoms with Crippen LogP contribution in [0.15, 0.2) is 24.3 Å². The molecule has 7 heteroatoms. The topological polar surface area (TPSA) is 61.5 Å². The second-order valence-electron chi connectivity index (χ2n) is 5.76. The van der Waals surface area contributed by atoms with Crippen molar-refractivity contribution in [2.45, 2.75) is 38.4 Å². The molecular weight excluding hydrogens is 331 g/mol. The lowest BCUT2D eigenvalue weighted by Gasteiger charge is -2.31. The van der Waals surface area contributed by atoms with Crippen LogP contribution in [0.3, 0.4) is 0 Å². The SMILES string of the molecule is CCc1cccc(C(F)(F)F)c1.CN.CN(CCO)C1CCCNC1. The maximum atomic E-state index is 12.1. The third-order valence-corrected chi connectivity index (χ3v) is 4.01. The summed E-state index contributed by atoms with van der Waals surface area (Å²) in [4.78, 5) is 2.23. The van der Waals surface area contributed by atoms with Crippen LogP contribution in [-0.4, -0.2) is 56.4 Å². The monoisotopic (exact) mass is 363 g/mol. The fourth-order valence-corrected chi connectivity index (χ4v) is 2.52. The van der Waals surface area contributed by atoms with E-state index in [4.69, 9.17) is 5.11 Å². The third-order valence-electron chi connectivity index (χ3n) is 4.01. The number of hydrogen-bond acceptors (Lipinski definition) is 4. The smallest absolute Gasteiger partial charge is 0.395 e. The van der Waals surface area contributed by atoms with Crippen molar-refractivity contribution in [3.8, 4) is 0 Å². The first-order valence-corrected chi connectivity index (χ1v) is 8.64. The molecule has 1 aliphatic rings. The van der Waals surface area contributed by atoms with Crippen molar-refractivity contribution in [3.63, 3.8) is 0 Å². The Balaban J connectivity index is 0.000000421. The molecule has 1 heterocycles. The Hall–Kier alpha value is -1.15. The van der Waals surface area contributed by atoms with Gasteiger partial charge in [-0.3, -0.25) is 4.90 Å². The Morgan fingerprint density at radius 3 is 2.48 bits per heavy atom. The minimum absolute atomic E-state index is 0.271. The number of halogens is 3. The molecule has 25 heavy (non-hydrogen) atoms. The van der Waals surface area contributed by atoms with E-state index in [2.05, 4.69) is 23.0 Å². The summed E-state index contributed by atoms with van der Waals surface area (Å²) in [6.45, 7) is 5.13. The van der Waals surface area contributed by atoms with Gasteiger partial charge in [0.05, 0.1) is 12.2 Å². The largest absolute Gasteiger partial charge is 0.416 e. The molecule has 0 bridgehead atoms. The summed E-state index contributed by atoms with van der Waals surface area (Å²) in [5.41, 5.74) is 4.65. The Kier molecular flexibility index (Phi) is 12.5. The van der Waals surface area contributed by atoms with Crippen LogP contribution in [-0.2, 0) is 12.6 Å². The third kappa shape index (κ3) is 9.79. The number of likely N-dealkylation sites (N-methyl/N-ethyl adjacent to an activating group) is 1. The zero-order chi connectivity index (χ0) is 19.3. The zero-order valence-electron chi connectivity index (χ0n) is 15.4. The lowest BCUT2D eigenvalue weighted by Crippen LogP contribution is -2.45. The molecule has 146 valence electrons. The highest BCUT2D eigenvalue weighted by Gasteiger charge is 2.30. The van der Waals surface area contributed by atoms with Crippen molar-refractivity contribution in [1.29, 1.82) is 0 Å². The molecule has 1 aromatic rings. The molecule has 0 spiro atoms. The first kappa shape index (κ1) is 23.9. The van der Waals surface area contributed by atoms with Crippen LogP contribution in [0.2, 0.25) is 0 Å². The molecule has 1 aromatic carbocycles. The number of alkyl halides is 3. The summed E-state index contributed by atoms with van der Waals surface area (Å²) >= 11 is 0. The van der Waals surface area contributed by atoms with Crippen molar-refractivity contribution in [2.24, 2.45) is 5.73 Å². The molecule has 0 saturated carbocycles. The van der Waals surface area contributed by atoms with Crippen molar-refractivity contribution < 1.29 is 18.3 Å². The van der Waals surface area contributed by atoms with Gasteiger partial charge in [-0.1, -0.05) is 25.1 Å². The molecule has 0 amide bonds. The lowest BCUT2D eigenvalue weighted by molar-refractivity contribution is -0.137. The first-order valence-electron chi connectivity index (χ1n) is 8.64. The van der Waals surface area contributed by atoms with E-state index < -0.39 is 11.7 Å². The Morgan fingerprint density at radius 2 is 2.00 bits per heavy atom. The number of nitrogens with zero attached hydrogens (tertiary/aromatic N) is 1. The molecule has 0 radical (unpaired) electrons. The first-order chi connectivity index (χ1) is 11.9. The molecule has 1 saturated heterocycles. The maximum Gasteiger partial charge on any atom is 0.416 e. The molecule has 4 nitrogen and oxygen atoms in total. The second kappa shape index (κ2) is 13.1. The Bertz CT molecular complexity index is 449. The van der Waals surface area contributed by atoms with Gasteiger partial charge in [-0.25, -0.2) is 0 Å². The standard InChI is InChI=1S/C9H9F3.C8H18N2O.CH5N/c1-2-7-4-3-5-8(6-7)9(10,11)12;1-10(5-6-11)8-3-2-4-9-7-8;1-2/h3-6H,2H2,1H3;8-9,11H,2-7H2,1H3;2H2,1H3. The summed E-state index contributed by atoms with van der Waals surface area (Å²) in [5.74, 6) is 0. The predicted molar refractivity (Wildman–Crippen MR) is 96.5 cm³/mol.